The summed E-state index contributed by atoms with van der Waals surface area (Å²) in [5, 5.41) is 6.13. The molecule has 6 nitrogen and oxygen atoms in total. The fraction of sp³-hybridized carbons (Fsp3) is 0.207. The fourth-order valence-electron chi connectivity index (χ4n) is 4.49. The molecular formula is C29H26F3N5O. The Morgan fingerprint density at radius 2 is 1.76 bits per heavy atom. The number of carbonyl (C=O) groups excluding carboxylic acids is 1. The van der Waals surface area contributed by atoms with Crippen LogP contribution in [0, 0.1) is 0 Å². The zero-order chi connectivity index (χ0) is 26.5. The fourth-order valence-corrected chi connectivity index (χ4v) is 4.49. The molecule has 4 aromatic rings. The van der Waals surface area contributed by atoms with Crippen LogP contribution in [0.3, 0.4) is 0 Å². The zero-order valence-electron chi connectivity index (χ0n) is 20.5. The number of pyridine rings is 2. The summed E-state index contributed by atoms with van der Waals surface area (Å²) in [4.78, 5) is 23.2. The Labute approximate surface area is 218 Å². The van der Waals surface area contributed by atoms with Crippen LogP contribution in [0.25, 0.3) is 11.1 Å². The minimum atomic E-state index is -4.42. The molecule has 38 heavy (non-hydrogen) atoms. The van der Waals surface area contributed by atoms with Gasteiger partial charge >= 0.3 is 6.18 Å². The normalized spacial score (nSPS) is 13.0. The molecule has 2 aromatic carbocycles. The Hall–Kier alpha value is -4.40. The van der Waals surface area contributed by atoms with Crippen LogP contribution in [0.15, 0.2) is 85.2 Å². The first-order valence-corrected chi connectivity index (χ1v) is 12.3. The lowest BCUT2D eigenvalue weighted by atomic mass is 10.0. The van der Waals surface area contributed by atoms with Gasteiger partial charge < -0.3 is 15.5 Å². The van der Waals surface area contributed by atoms with Crippen molar-refractivity contribution < 1.29 is 18.0 Å². The van der Waals surface area contributed by atoms with Gasteiger partial charge in [-0.1, -0.05) is 36.4 Å². The van der Waals surface area contributed by atoms with Crippen molar-refractivity contribution in [1.82, 2.24) is 15.3 Å². The number of hydrogen-bond donors (Lipinski definition) is 2. The van der Waals surface area contributed by atoms with Crippen LogP contribution in [0.4, 0.5) is 24.7 Å². The number of alkyl halides is 3. The molecule has 9 heteroatoms. The predicted molar refractivity (Wildman–Crippen MR) is 141 cm³/mol. The Morgan fingerprint density at radius 3 is 2.53 bits per heavy atom. The molecule has 2 aromatic heterocycles. The number of rotatable bonds is 7. The van der Waals surface area contributed by atoms with E-state index >= 15 is 0 Å². The molecule has 0 bridgehead atoms. The summed E-state index contributed by atoms with van der Waals surface area (Å²) >= 11 is 0. The highest BCUT2D eigenvalue weighted by Crippen LogP contribution is 2.36. The third kappa shape index (κ3) is 5.77. The van der Waals surface area contributed by atoms with Crippen molar-refractivity contribution in [3.05, 3.63) is 108 Å². The molecule has 5 rings (SSSR count). The van der Waals surface area contributed by atoms with Gasteiger partial charge in [0.15, 0.2) is 0 Å². The van der Waals surface area contributed by atoms with Gasteiger partial charge in [0.1, 0.15) is 5.82 Å². The van der Waals surface area contributed by atoms with Gasteiger partial charge in [0.2, 0.25) is 0 Å². The van der Waals surface area contributed by atoms with Crippen molar-refractivity contribution in [2.45, 2.75) is 19.1 Å². The van der Waals surface area contributed by atoms with E-state index in [4.69, 9.17) is 0 Å². The van der Waals surface area contributed by atoms with Gasteiger partial charge in [-0.25, -0.2) is 4.98 Å². The van der Waals surface area contributed by atoms with Crippen molar-refractivity contribution in [3.63, 3.8) is 0 Å². The van der Waals surface area contributed by atoms with Gasteiger partial charge in [-0.15, -0.1) is 0 Å². The maximum atomic E-state index is 13.5. The Morgan fingerprint density at radius 1 is 0.974 bits per heavy atom. The number of carbonyl (C=O) groups is 1. The number of anilines is 2. The third-order valence-corrected chi connectivity index (χ3v) is 6.44. The number of amides is 1. The molecule has 1 aliphatic rings. The molecule has 1 aliphatic heterocycles. The van der Waals surface area contributed by atoms with Gasteiger partial charge in [-0.05, 0) is 47.5 Å². The second-order valence-corrected chi connectivity index (χ2v) is 9.00. The molecule has 0 fully saturated rings. The summed E-state index contributed by atoms with van der Waals surface area (Å²) in [5.41, 5.74) is 3.44. The highest BCUT2D eigenvalue weighted by Gasteiger charge is 2.33. The topological polar surface area (TPSA) is 70.2 Å². The van der Waals surface area contributed by atoms with Crippen LogP contribution in [0.1, 0.15) is 27.2 Å². The maximum Gasteiger partial charge on any atom is 0.416 e. The van der Waals surface area contributed by atoms with Crippen LogP contribution in [-0.2, 0) is 19.1 Å². The number of fused-ring (bicyclic) bond motifs is 1. The number of nitrogens with zero attached hydrogens (tertiary/aromatic N) is 3. The highest BCUT2D eigenvalue weighted by molar-refractivity contribution is 5.94. The molecule has 0 atom stereocenters. The first-order valence-electron chi connectivity index (χ1n) is 12.3. The molecule has 2 N–H and O–H groups in total. The van der Waals surface area contributed by atoms with Gasteiger partial charge in [-0.3, -0.25) is 9.78 Å². The van der Waals surface area contributed by atoms with Crippen LogP contribution >= 0.6 is 0 Å². The van der Waals surface area contributed by atoms with Crippen molar-refractivity contribution >= 4 is 17.4 Å². The summed E-state index contributed by atoms with van der Waals surface area (Å²) in [6, 6.07) is 20.4. The maximum absolute atomic E-state index is 13.5. The largest absolute Gasteiger partial charge is 0.416 e. The SMILES string of the molecule is O=C(NCCc1ccccn1)c1ccc(-c2cnc3c(c2)N(Cc2ccccc2C(F)(F)F)CCN3)cc1. The summed E-state index contributed by atoms with van der Waals surface area (Å²) in [6.45, 7) is 1.72. The molecular weight excluding hydrogens is 491 g/mol. The van der Waals surface area contributed by atoms with E-state index in [1.54, 1.807) is 30.6 Å². The number of halogens is 3. The lowest BCUT2D eigenvalue weighted by Gasteiger charge is -2.32. The van der Waals surface area contributed by atoms with Crippen molar-refractivity contribution in [1.29, 1.82) is 0 Å². The van der Waals surface area contributed by atoms with E-state index in [1.807, 2.05) is 41.3 Å². The average Bonchev–Trinajstić information content (AvgIpc) is 2.93. The van der Waals surface area contributed by atoms with E-state index in [-0.39, 0.29) is 18.0 Å². The number of hydrogen-bond acceptors (Lipinski definition) is 5. The van der Waals surface area contributed by atoms with Gasteiger partial charge in [0, 0.05) is 61.8 Å². The highest BCUT2D eigenvalue weighted by atomic mass is 19.4. The molecule has 0 spiro atoms. The summed E-state index contributed by atoms with van der Waals surface area (Å²) in [6.07, 6.45) is -0.327. The summed E-state index contributed by atoms with van der Waals surface area (Å²) in [5.74, 6) is 0.461. The Balaban J connectivity index is 1.30. The lowest BCUT2D eigenvalue weighted by molar-refractivity contribution is -0.138. The van der Waals surface area contributed by atoms with Gasteiger partial charge in [-0.2, -0.15) is 13.2 Å². The summed E-state index contributed by atoms with van der Waals surface area (Å²) < 4.78 is 40.6. The van der Waals surface area contributed by atoms with Crippen molar-refractivity contribution in [3.8, 4) is 11.1 Å². The molecule has 0 saturated carbocycles. The van der Waals surface area contributed by atoms with E-state index in [9.17, 15) is 18.0 Å². The molecule has 194 valence electrons. The van der Waals surface area contributed by atoms with Crippen LogP contribution in [0.2, 0.25) is 0 Å². The van der Waals surface area contributed by atoms with E-state index in [1.165, 1.54) is 12.1 Å². The standard InChI is InChI=1S/C29H26F3N5O/c30-29(31,32)25-7-2-1-5-22(25)19-37-16-15-34-27-26(37)17-23(18-36-27)20-8-10-21(11-9-20)28(38)35-14-12-24-6-3-4-13-33-24/h1-11,13,17-18H,12,14-16,19H2,(H,34,36)(H,35,38). The molecule has 0 radical (unpaired) electrons. The minimum absolute atomic E-state index is 0.118. The molecule has 1 amide bonds. The predicted octanol–water partition coefficient (Wildman–Crippen LogP) is 5.57. The van der Waals surface area contributed by atoms with Crippen LogP contribution < -0.4 is 15.5 Å². The van der Waals surface area contributed by atoms with Crippen LogP contribution in [0.5, 0.6) is 0 Å². The second kappa shape index (κ2) is 10.9. The van der Waals surface area contributed by atoms with E-state index in [0.29, 0.717) is 37.4 Å². The van der Waals surface area contributed by atoms with E-state index in [2.05, 4.69) is 20.6 Å². The first kappa shape index (κ1) is 25.3. The van der Waals surface area contributed by atoms with Gasteiger partial charge in [0.05, 0.1) is 11.3 Å². The second-order valence-electron chi connectivity index (χ2n) is 9.00. The number of nitrogens with one attached hydrogen (secondary N) is 2. The van der Waals surface area contributed by atoms with Crippen molar-refractivity contribution in [2.75, 3.05) is 29.9 Å². The van der Waals surface area contributed by atoms with Crippen LogP contribution in [-0.4, -0.2) is 35.5 Å². The third-order valence-electron chi connectivity index (χ3n) is 6.44. The minimum Gasteiger partial charge on any atom is -0.367 e. The Kier molecular flexibility index (Phi) is 7.26. The molecule has 0 unspecified atom stereocenters. The Bertz CT molecular complexity index is 1410. The molecule has 3 heterocycles. The van der Waals surface area contributed by atoms with Crippen molar-refractivity contribution in [2.24, 2.45) is 0 Å². The monoisotopic (exact) mass is 517 g/mol. The quantitative estimate of drug-likeness (QED) is 0.336. The average molecular weight is 518 g/mol. The number of aromatic nitrogens is 2. The van der Waals surface area contributed by atoms with E-state index in [0.717, 1.165) is 28.6 Å². The molecule has 0 saturated heterocycles. The summed E-state index contributed by atoms with van der Waals surface area (Å²) in [7, 11) is 0. The first-order chi connectivity index (χ1) is 18.4. The number of benzene rings is 2. The zero-order valence-corrected chi connectivity index (χ0v) is 20.5. The van der Waals surface area contributed by atoms with Gasteiger partial charge in [0.25, 0.3) is 5.91 Å². The molecule has 0 aliphatic carbocycles. The van der Waals surface area contributed by atoms with E-state index < -0.39 is 11.7 Å². The lowest BCUT2D eigenvalue weighted by Crippen LogP contribution is -2.34. The smallest absolute Gasteiger partial charge is 0.367 e.